The summed E-state index contributed by atoms with van der Waals surface area (Å²) in [6.07, 6.45) is 0. The highest BCUT2D eigenvalue weighted by molar-refractivity contribution is 5.76. The third kappa shape index (κ3) is 2.81. The van der Waals surface area contributed by atoms with Crippen molar-refractivity contribution >= 4 is 5.97 Å². The Hall–Kier alpha value is -1.45. The van der Waals surface area contributed by atoms with E-state index in [1.165, 1.54) is 0 Å². The fraction of sp³-hybridized carbons (Fsp3) is 0.615. The Labute approximate surface area is 102 Å². The third-order valence-electron chi connectivity index (χ3n) is 2.80. The first kappa shape index (κ1) is 13.6. The minimum absolute atomic E-state index is 0.124. The molecule has 1 rings (SSSR count). The molecule has 1 atom stereocenters. The molecule has 0 saturated heterocycles. The highest BCUT2D eigenvalue weighted by Crippen LogP contribution is 2.25. The molecule has 0 aliphatic heterocycles. The van der Waals surface area contributed by atoms with Gasteiger partial charge in [-0.05, 0) is 20.8 Å². The molecule has 1 aromatic heterocycles. The van der Waals surface area contributed by atoms with Crippen LogP contribution in [0.4, 0.5) is 0 Å². The van der Waals surface area contributed by atoms with Gasteiger partial charge in [0.2, 0.25) is 0 Å². The molecular formula is C13H20N2O2. The first-order chi connectivity index (χ1) is 7.64. The largest absolute Gasteiger partial charge is 0.481 e. The number of aryl methyl sites for hydroxylation is 2. The van der Waals surface area contributed by atoms with Gasteiger partial charge in [-0.1, -0.05) is 20.8 Å². The standard InChI is InChI=1S/C13H20N2O2/c1-7(11(16)17)10-8(2)14-12(13(4,5)6)15-9(10)3/h7H,1-6H3,(H,16,17). The van der Waals surface area contributed by atoms with Gasteiger partial charge in [0.15, 0.2) is 0 Å². The maximum Gasteiger partial charge on any atom is 0.310 e. The maximum absolute atomic E-state index is 11.0. The molecule has 0 radical (unpaired) electrons. The first-order valence-corrected chi connectivity index (χ1v) is 5.73. The van der Waals surface area contributed by atoms with Crippen molar-refractivity contribution in [2.24, 2.45) is 0 Å². The number of carboxylic acid groups (broad SMARTS) is 1. The van der Waals surface area contributed by atoms with Gasteiger partial charge in [0.25, 0.3) is 0 Å². The lowest BCUT2D eigenvalue weighted by molar-refractivity contribution is -0.138. The average molecular weight is 236 g/mol. The minimum atomic E-state index is -0.844. The van der Waals surface area contributed by atoms with Gasteiger partial charge in [0, 0.05) is 22.4 Å². The molecule has 0 bridgehead atoms. The zero-order valence-electron chi connectivity index (χ0n) is 11.3. The summed E-state index contributed by atoms with van der Waals surface area (Å²) in [5.41, 5.74) is 2.13. The van der Waals surface area contributed by atoms with Gasteiger partial charge >= 0.3 is 5.97 Å². The van der Waals surface area contributed by atoms with Gasteiger partial charge in [-0.25, -0.2) is 9.97 Å². The molecule has 0 aliphatic rings. The monoisotopic (exact) mass is 236 g/mol. The summed E-state index contributed by atoms with van der Waals surface area (Å²) in [5, 5.41) is 9.06. The topological polar surface area (TPSA) is 63.1 Å². The summed E-state index contributed by atoms with van der Waals surface area (Å²) >= 11 is 0. The number of hydrogen-bond acceptors (Lipinski definition) is 3. The fourth-order valence-corrected chi connectivity index (χ4v) is 1.81. The van der Waals surface area contributed by atoms with Crippen LogP contribution in [0.15, 0.2) is 0 Å². The van der Waals surface area contributed by atoms with E-state index in [1.54, 1.807) is 6.92 Å². The van der Waals surface area contributed by atoms with E-state index >= 15 is 0 Å². The van der Waals surface area contributed by atoms with E-state index in [4.69, 9.17) is 5.11 Å². The Morgan fingerprint density at radius 2 is 1.59 bits per heavy atom. The molecule has 1 unspecified atom stereocenters. The highest BCUT2D eigenvalue weighted by Gasteiger charge is 2.24. The Kier molecular flexibility index (Phi) is 3.55. The molecule has 0 amide bonds. The van der Waals surface area contributed by atoms with Crippen LogP contribution < -0.4 is 0 Å². The lowest BCUT2D eigenvalue weighted by Gasteiger charge is -2.20. The summed E-state index contributed by atoms with van der Waals surface area (Å²) in [5.74, 6) is -0.652. The molecule has 4 nitrogen and oxygen atoms in total. The number of rotatable bonds is 2. The van der Waals surface area contributed by atoms with Gasteiger partial charge < -0.3 is 5.11 Å². The van der Waals surface area contributed by atoms with Crippen molar-refractivity contribution in [2.45, 2.75) is 52.9 Å². The Morgan fingerprint density at radius 1 is 1.18 bits per heavy atom. The molecule has 17 heavy (non-hydrogen) atoms. The van der Waals surface area contributed by atoms with Crippen LogP contribution in [0.3, 0.4) is 0 Å². The van der Waals surface area contributed by atoms with Crippen LogP contribution in [0, 0.1) is 13.8 Å². The van der Waals surface area contributed by atoms with E-state index in [0.29, 0.717) is 0 Å². The van der Waals surface area contributed by atoms with Crippen LogP contribution in [0.2, 0.25) is 0 Å². The van der Waals surface area contributed by atoms with E-state index in [0.717, 1.165) is 22.8 Å². The van der Waals surface area contributed by atoms with Gasteiger partial charge in [-0.15, -0.1) is 0 Å². The van der Waals surface area contributed by atoms with Gasteiger partial charge in [0.1, 0.15) is 5.82 Å². The molecule has 1 N–H and O–H groups in total. The van der Waals surface area contributed by atoms with Crippen molar-refractivity contribution in [3.05, 3.63) is 22.8 Å². The zero-order chi connectivity index (χ0) is 13.4. The predicted molar refractivity (Wildman–Crippen MR) is 66.3 cm³/mol. The molecule has 0 spiro atoms. The second-order valence-electron chi connectivity index (χ2n) is 5.44. The first-order valence-electron chi connectivity index (χ1n) is 5.73. The van der Waals surface area contributed by atoms with E-state index in [-0.39, 0.29) is 5.41 Å². The van der Waals surface area contributed by atoms with Crippen molar-refractivity contribution in [1.29, 1.82) is 0 Å². The smallest absolute Gasteiger partial charge is 0.310 e. The number of nitrogens with zero attached hydrogens (tertiary/aromatic N) is 2. The molecule has 0 fully saturated rings. The second kappa shape index (κ2) is 4.43. The second-order valence-corrected chi connectivity index (χ2v) is 5.44. The SMILES string of the molecule is Cc1nc(C(C)(C)C)nc(C)c1C(C)C(=O)O. The van der Waals surface area contributed by atoms with E-state index in [9.17, 15) is 4.79 Å². The zero-order valence-corrected chi connectivity index (χ0v) is 11.3. The molecule has 1 aromatic rings. The van der Waals surface area contributed by atoms with Crippen molar-refractivity contribution in [3.8, 4) is 0 Å². The van der Waals surface area contributed by atoms with Crippen molar-refractivity contribution < 1.29 is 9.90 Å². The van der Waals surface area contributed by atoms with Crippen molar-refractivity contribution in [3.63, 3.8) is 0 Å². The van der Waals surface area contributed by atoms with Crippen LogP contribution in [-0.4, -0.2) is 21.0 Å². The van der Waals surface area contributed by atoms with Crippen LogP contribution in [0.5, 0.6) is 0 Å². The molecule has 4 heteroatoms. The third-order valence-corrected chi connectivity index (χ3v) is 2.80. The molecule has 0 aromatic carbocycles. The van der Waals surface area contributed by atoms with Crippen molar-refractivity contribution in [2.75, 3.05) is 0 Å². The Bertz CT molecular complexity index is 424. The Balaban J connectivity index is 3.34. The number of carboxylic acids is 1. The number of hydrogen-bond donors (Lipinski definition) is 1. The van der Waals surface area contributed by atoms with E-state index in [1.807, 2.05) is 34.6 Å². The molecule has 94 valence electrons. The Morgan fingerprint density at radius 3 is 1.88 bits per heavy atom. The summed E-state index contributed by atoms with van der Waals surface area (Å²) < 4.78 is 0. The normalized spacial score (nSPS) is 13.5. The number of aliphatic carboxylic acids is 1. The minimum Gasteiger partial charge on any atom is -0.481 e. The van der Waals surface area contributed by atoms with Gasteiger partial charge in [-0.2, -0.15) is 0 Å². The molecular weight excluding hydrogens is 216 g/mol. The quantitative estimate of drug-likeness (QED) is 0.857. The lowest BCUT2D eigenvalue weighted by Crippen LogP contribution is -2.20. The summed E-state index contributed by atoms with van der Waals surface area (Å²) in [7, 11) is 0. The van der Waals surface area contributed by atoms with Crippen LogP contribution in [-0.2, 0) is 10.2 Å². The van der Waals surface area contributed by atoms with E-state index < -0.39 is 11.9 Å². The molecule has 0 saturated carbocycles. The average Bonchev–Trinajstić information content (AvgIpc) is 2.14. The predicted octanol–water partition coefficient (Wildman–Crippen LogP) is 2.58. The van der Waals surface area contributed by atoms with Gasteiger partial charge in [0.05, 0.1) is 5.92 Å². The number of aromatic nitrogens is 2. The van der Waals surface area contributed by atoms with Crippen molar-refractivity contribution in [1.82, 2.24) is 9.97 Å². The fourth-order valence-electron chi connectivity index (χ4n) is 1.81. The summed E-state index contributed by atoms with van der Waals surface area (Å²) in [6.45, 7) is 11.5. The lowest BCUT2D eigenvalue weighted by atomic mass is 9.93. The summed E-state index contributed by atoms with van der Waals surface area (Å²) in [4.78, 5) is 19.9. The highest BCUT2D eigenvalue weighted by atomic mass is 16.4. The molecule has 0 aliphatic carbocycles. The van der Waals surface area contributed by atoms with E-state index in [2.05, 4.69) is 9.97 Å². The summed E-state index contributed by atoms with van der Waals surface area (Å²) in [6, 6.07) is 0. The maximum atomic E-state index is 11.0. The van der Waals surface area contributed by atoms with Crippen LogP contribution in [0.1, 0.15) is 56.4 Å². The van der Waals surface area contributed by atoms with Crippen LogP contribution >= 0.6 is 0 Å². The van der Waals surface area contributed by atoms with Gasteiger partial charge in [-0.3, -0.25) is 4.79 Å². The molecule has 1 heterocycles. The van der Waals surface area contributed by atoms with Crippen LogP contribution in [0.25, 0.3) is 0 Å². The number of carbonyl (C=O) groups is 1.